The Labute approximate surface area is 588 Å². The molecule has 0 aliphatic heterocycles. The molecule has 0 saturated carbocycles. The van der Waals surface area contributed by atoms with Gasteiger partial charge in [-0.2, -0.15) is 0 Å². The highest BCUT2D eigenvalue weighted by Gasteiger charge is 2.30. The lowest BCUT2D eigenvalue weighted by Crippen LogP contribution is -2.30. The molecule has 0 amide bonds. The average Bonchev–Trinajstić information content (AvgIpc) is 1.44. The number of ether oxygens (including phenoxy) is 4. The molecular formula is C77H150O17P2. The Bertz CT molecular complexity index is 1890. The summed E-state index contributed by atoms with van der Waals surface area (Å²) in [4.78, 5) is 72.8. The molecule has 0 spiro atoms. The summed E-state index contributed by atoms with van der Waals surface area (Å²) in [6, 6.07) is 0. The zero-order valence-corrected chi connectivity index (χ0v) is 64.8. The van der Waals surface area contributed by atoms with Crippen LogP contribution >= 0.6 is 15.6 Å². The van der Waals surface area contributed by atoms with E-state index in [-0.39, 0.29) is 25.7 Å². The van der Waals surface area contributed by atoms with Crippen molar-refractivity contribution < 1.29 is 80.2 Å². The van der Waals surface area contributed by atoms with Crippen LogP contribution in [0.3, 0.4) is 0 Å². The molecule has 0 aromatic heterocycles. The van der Waals surface area contributed by atoms with Crippen LogP contribution in [0.4, 0.5) is 0 Å². The smallest absolute Gasteiger partial charge is 0.462 e. The van der Waals surface area contributed by atoms with Gasteiger partial charge in [-0.15, -0.1) is 0 Å². The van der Waals surface area contributed by atoms with Gasteiger partial charge in [0.05, 0.1) is 26.4 Å². The summed E-state index contributed by atoms with van der Waals surface area (Å²) >= 11 is 0. The van der Waals surface area contributed by atoms with Crippen molar-refractivity contribution in [3.8, 4) is 0 Å². The number of hydrogen-bond acceptors (Lipinski definition) is 15. The molecule has 0 aromatic carbocycles. The third-order valence-electron chi connectivity index (χ3n) is 18.2. The first kappa shape index (κ1) is 94.1. The highest BCUT2D eigenvalue weighted by Crippen LogP contribution is 2.45. The van der Waals surface area contributed by atoms with Crippen molar-refractivity contribution in [1.29, 1.82) is 0 Å². The van der Waals surface area contributed by atoms with Crippen LogP contribution in [0.2, 0.25) is 0 Å². The SMILES string of the molecule is CCC(C)CCCCCCCCCCCCCCCCC(=O)O[C@H](COC(=O)CCCCCCCCC(C)C)COP(=O)(O)OC[C@H](O)COP(=O)(O)OC[C@@H](COC(=O)CCCCCCCCCCCCCCCC(C)C)OC(=O)CCCCCCCCCCCCC(C)C. The van der Waals surface area contributed by atoms with E-state index in [9.17, 15) is 43.2 Å². The van der Waals surface area contributed by atoms with Crippen molar-refractivity contribution in [1.82, 2.24) is 0 Å². The van der Waals surface area contributed by atoms with Crippen LogP contribution in [0, 0.1) is 23.7 Å². The molecule has 0 radical (unpaired) electrons. The van der Waals surface area contributed by atoms with Gasteiger partial charge in [-0.3, -0.25) is 37.3 Å². The summed E-state index contributed by atoms with van der Waals surface area (Å²) in [5.74, 6) is 0.947. The van der Waals surface area contributed by atoms with E-state index < -0.39 is 97.5 Å². The number of esters is 4. The molecule has 0 heterocycles. The number of aliphatic hydroxyl groups is 1. The van der Waals surface area contributed by atoms with E-state index >= 15 is 0 Å². The minimum atomic E-state index is -4.96. The highest BCUT2D eigenvalue weighted by atomic mass is 31.2. The molecule has 0 saturated heterocycles. The molecule has 96 heavy (non-hydrogen) atoms. The van der Waals surface area contributed by atoms with E-state index in [0.717, 1.165) is 114 Å². The molecule has 0 rings (SSSR count). The zero-order valence-electron chi connectivity index (χ0n) is 63.0. The third kappa shape index (κ3) is 69.2. The lowest BCUT2D eigenvalue weighted by molar-refractivity contribution is -0.161. The van der Waals surface area contributed by atoms with Crippen molar-refractivity contribution in [3.63, 3.8) is 0 Å². The van der Waals surface area contributed by atoms with Crippen LogP contribution in [0.1, 0.15) is 389 Å². The van der Waals surface area contributed by atoms with Gasteiger partial charge in [-0.1, -0.05) is 338 Å². The fraction of sp³-hybridized carbons (Fsp3) is 0.948. The van der Waals surface area contributed by atoms with Gasteiger partial charge < -0.3 is 33.8 Å². The molecule has 19 heteroatoms. The topological polar surface area (TPSA) is 237 Å². The number of phosphoric ester groups is 2. The summed E-state index contributed by atoms with van der Waals surface area (Å²) in [6.07, 6.45) is 51.4. The summed E-state index contributed by atoms with van der Waals surface area (Å²) in [5, 5.41) is 10.6. The van der Waals surface area contributed by atoms with Gasteiger partial charge in [0.15, 0.2) is 12.2 Å². The molecule has 570 valence electrons. The van der Waals surface area contributed by atoms with Gasteiger partial charge in [0.1, 0.15) is 19.3 Å². The Balaban J connectivity index is 5.22. The maximum absolute atomic E-state index is 13.1. The Kier molecular flexibility index (Phi) is 65.0. The van der Waals surface area contributed by atoms with Crippen molar-refractivity contribution >= 4 is 39.5 Å². The largest absolute Gasteiger partial charge is 0.472 e. The van der Waals surface area contributed by atoms with Gasteiger partial charge in [-0.25, -0.2) is 9.13 Å². The fourth-order valence-electron chi connectivity index (χ4n) is 11.7. The van der Waals surface area contributed by atoms with Crippen molar-refractivity contribution in [3.05, 3.63) is 0 Å². The second kappa shape index (κ2) is 66.3. The van der Waals surface area contributed by atoms with Gasteiger partial charge in [-0.05, 0) is 49.4 Å². The second-order valence-corrected chi connectivity index (χ2v) is 32.3. The van der Waals surface area contributed by atoms with Crippen LogP contribution in [0.5, 0.6) is 0 Å². The summed E-state index contributed by atoms with van der Waals surface area (Å²) in [6.45, 7) is 14.2. The number of unbranched alkanes of at least 4 members (excludes halogenated alkanes) is 39. The minimum Gasteiger partial charge on any atom is -0.462 e. The van der Waals surface area contributed by atoms with Gasteiger partial charge >= 0.3 is 39.5 Å². The summed E-state index contributed by atoms with van der Waals surface area (Å²) in [5.41, 5.74) is 0. The number of carbonyl (C=O) groups is 4. The molecule has 3 unspecified atom stereocenters. The van der Waals surface area contributed by atoms with Crippen LogP contribution in [-0.2, 0) is 65.4 Å². The molecule has 0 fully saturated rings. The lowest BCUT2D eigenvalue weighted by atomic mass is 9.99. The van der Waals surface area contributed by atoms with E-state index in [4.69, 9.17) is 37.0 Å². The number of aliphatic hydroxyl groups excluding tert-OH is 1. The molecule has 3 N–H and O–H groups in total. The normalized spacial score (nSPS) is 14.4. The second-order valence-electron chi connectivity index (χ2n) is 29.4. The molecule has 0 bridgehead atoms. The van der Waals surface area contributed by atoms with Gasteiger partial charge in [0, 0.05) is 25.7 Å². The predicted molar refractivity (Wildman–Crippen MR) is 391 cm³/mol. The first-order chi connectivity index (χ1) is 46.1. The van der Waals surface area contributed by atoms with Gasteiger partial charge in [0.25, 0.3) is 0 Å². The van der Waals surface area contributed by atoms with E-state index in [1.807, 2.05) is 0 Å². The van der Waals surface area contributed by atoms with Crippen molar-refractivity contribution in [2.24, 2.45) is 23.7 Å². The van der Waals surface area contributed by atoms with Crippen LogP contribution in [0.25, 0.3) is 0 Å². The summed E-state index contributed by atoms with van der Waals surface area (Å²) in [7, 11) is -9.91. The first-order valence-electron chi connectivity index (χ1n) is 39.7. The standard InChI is InChI=1S/C77H150O17P2/c1-9-70(8)56-48-40-31-25-18-14-10-11-15-20-27-33-43-51-59-76(81)94-73(64-88-75(80)58-50-42-36-35-39-47-55-69(6)7)66-92-96(85,86)90-62-71(78)61-89-95(83,84)91-65-72(93-77(82)60-52-44-34-28-22-21-24-30-38-46-54-68(4)5)63-87-74(79)57-49-41-32-26-19-16-12-13-17-23-29-37-45-53-67(2)3/h67-73,78H,9-66H2,1-8H3,(H,83,84)(H,85,86)/t70?,71-,72-,73-/m1/s1. The fourth-order valence-corrected chi connectivity index (χ4v) is 13.3. The number of phosphoric acid groups is 2. The van der Waals surface area contributed by atoms with E-state index in [0.29, 0.717) is 31.6 Å². The molecule has 0 aromatic rings. The van der Waals surface area contributed by atoms with Gasteiger partial charge in [0.2, 0.25) is 0 Å². The predicted octanol–water partition coefficient (Wildman–Crippen LogP) is 22.4. The number of carbonyl (C=O) groups excluding carboxylic acids is 4. The Morgan fingerprint density at radius 3 is 0.740 bits per heavy atom. The van der Waals surface area contributed by atoms with Crippen LogP contribution in [-0.4, -0.2) is 96.7 Å². The van der Waals surface area contributed by atoms with Crippen molar-refractivity contribution in [2.75, 3.05) is 39.6 Å². The molecule has 0 aliphatic carbocycles. The Morgan fingerprint density at radius 2 is 0.500 bits per heavy atom. The van der Waals surface area contributed by atoms with Crippen LogP contribution < -0.4 is 0 Å². The molecule has 6 atom stereocenters. The van der Waals surface area contributed by atoms with E-state index in [2.05, 4.69) is 55.4 Å². The monoisotopic (exact) mass is 1410 g/mol. The molecule has 0 aliphatic rings. The number of hydrogen-bond donors (Lipinski definition) is 3. The number of rotatable bonds is 74. The molecule has 17 nitrogen and oxygen atoms in total. The minimum absolute atomic E-state index is 0.106. The van der Waals surface area contributed by atoms with Crippen molar-refractivity contribution in [2.45, 2.75) is 408 Å². The first-order valence-corrected chi connectivity index (χ1v) is 42.7. The highest BCUT2D eigenvalue weighted by molar-refractivity contribution is 7.47. The van der Waals surface area contributed by atoms with E-state index in [1.54, 1.807) is 0 Å². The van der Waals surface area contributed by atoms with Crippen LogP contribution in [0.15, 0.2) is 0 Å². The Morgan fingerprint density at radius 1 is 0.292 bits per heavy atom. The zero-order chi connectivity index (χ0) is 71.0. The van der Waals surface area contributed by atoms with E-state index in [1.165, 1.54) is 186 Å². The molecular weight excluding hydrogens is 1260 g/mol. The summed E-state index contributed by atoms with van der Waals surface area (Å²) < 4.78 is 68.5. The lowest BCUT2D eigenvalue weighted by Gasteiger charge is -2.21. The maximum Gasteiger partial charge on any atom is 0.472 e. The quantitative estimate of drug-likeness (QED) is 0.0222. The maximum atomic E-state index is 13.1. The third-order valence-corrected chi connectivity index (χ3v) is 20.1. The Hall–Kier alpha value is -1.94. The average molecular weight is 1410 g/mol.